The van der Waals surface area contributed by atoms with E-state index in [1.165, 1.54) is 5.56 Å². The number of hydrogen-bond donors (Lipinski definition) is 1. The smallest absolute Gasteiger partial charge is 0.124 e. The van der Waals surface area contributed by atoms with Crippen LogP contribution in [0.4, 0.5) is 0 Å². The maximum absolute atomic E-state index is 5.59. The van der Waals surface area contributed by atoms with Crippen LogP contribution in [0.1, 0.15) is 24.9 Å². The molecular weight excluding hydrogens is 242 g/mol. The van der Waals surface area contributed by atoms with Crippen molar-refractivity contribution < 1.29 is 4.74 Å². The van der Waals surface area contributed by atoms with Gasteiger partial charge in [-0.25, -0.2) is 0 Å². The SMILES string of the molecule is CCNC1CCOc2ccc(Br)cc21. The lowest BCUT2D eigenvalue weighted by atomic mass is 10.0. The molecule has 0 saturated heterocycles. The van der Waals surface area contributed by atoms with Crippen molar-refractivity contribution in [2.75, 3.05) is 13.2 Å². The van der Waals surface area contributed by atoms with Crippen LogP contribution in [-0.4, -0.2) is 13.2 Å². The summed E-state index contributed by atoms with van der Waals surface area (Å²) in [5.74, 6) is 1.02. The molecule has 0 aliphatic carbocycles. The van der Waals surface area contributed by atoms with Gasteiger partial charge in [-0.3, -0.25) is 0 Å². The van der Waals surface area contributed by atoms with Crippen LogP contribution >= 0.6 is 15.9 Å². The van der Waals surface area contributed by atoms with Crippen LogP contribution in [0.5, 0.6) is 5.75 Å². The zero-order chi connectivity index (χ0) is 9.97. The van der Waals surface area contributed by atoms with Crippen molar-refractivity contribution in [2.45, 2.75) is 19.4 Å². The first-order chi connectivity index (χ1) is 6.81. The minimum Gasteiger partial charge on any atom is -0.493 e. The van der Waals surface area contributed by atoms with Crippen LogP contribution in [0.2, 0.25) is 0 Å². The monoisotopic (exact) mass is 255 g/mol. The first kappa shape index (κ1) is 9.99. The van der Waals surface area contributed by atoms with E-state index < -0.39 is 0 Å². The fraction of sp³-hybridized carbons (Fsp3) is 0.455. The largest absolute Gasteiger partial charge is 0.493 e. The highest BCUT2D eigenvalue weighted by atomic mass is 79.9. The van der Waals surface area contributed by atoms with E-state index in [2.05, 4.69) is 34.2 Å². The van der Waals surface area contributed by atoms with Crippen LogP contribution in [0.3, 0.4) is 0 Å². The number of rotatable bonds is 2. The number of nitrogens with one attached hydrogen (secondary N) is 1. The average Bonchev–Trinajstić information content (AvgIpc) is 2.19. The second kappa shape index (κ2) is 4.32. The average molecular weight is 256 g/mol. The Bertz CT molecular complexity index is 327. The molecule has 76 valence electrons. The molecule has 1 aromatic rings. The highest BCUT2D eigenvalue weighted by Crippen LogP contribution is 2.33. The van der Waals surface area contributed by atoms with Crippen LogP contribution in [0, 0.1) is 0 Å². The Kier molecular flexibility index (Phi) is 3.08. The van der Waals surface area contributed by atoms with Gasteiger partial charge in [0, 0.05) is 22.5 Å². The molecule has 0 bridgehead atoms. The van der Waals surface area contributed by atoms with Gasteiger partial charge in [-0.1, -0.05) is 22.9 Å². The Morgan fingerprint density at radius 1 is 1.57 bits per heavy atom. The molecule has 0 spiro atoms. The Balaban J connectivity index is 2.32. The van der Waals surface area contributed by atoms with Gasteiger partial charge < -0.3 is 10.1 Å². The molecular formula is C11H14BrNO. The molecule has 3 heteroatoms. The van der Waals surface area contributed by atoms with Crippen LogP contribution < -0.4 is 10.1 Å². The first-order valence-corrected chi connectivity index (χ1v) is 5.76. The summed E-state index contributed by atoms with van der Waals surface area (Å²) in [5.41, 5.74) is 1.27. The number of halogens is 1. The Labute approximate surface area is 92.8 Å². The van der Waals surface area contributed by atoms with Gasteiger partial charge in [-0.2, -0.15) is 0 Å². The molecule has 0 fully saturated rings. The fourth-order valence-electron chi connectivity index (χ4n) is 1.82. The molecule has 14 heavy (non-hydrogen) atoms. The lowest BCUT2D eigenvalue weighted by Gasteiger charge is -2.26. The maximum Gasteiger partial charge on any atom is 0.124 e. The molecule has 1 heterocycles. The number of benzene rings is 1. The van der Waals surface area contributed by atoms with E-state index in [-0.39, 0.29) is 0 Å². The van der Waals surface area contributed by atoms with E-state index in [0.29, 0.717) is 6.04 Å². The maximum atomic E-state index is 5.59. The van der Waals surface area contributed by atoms with Crippen LogP contribution in [0.15, 0.2) is 22.7 Å². The minimum absolute atomic E-state index is 0.446. The van der Waals surface area contributed by atoms with E-state index in [0.717, 1.165) is 29.8 Å². The lowest BCUT2D eigenvalue weighted by Crippen LogP contribution is -2.26. The number of hydrogen-bond acceptors (Lipinski definition) is 2. The molecule has 0 amide bonds. The lowest BCUT2D eigenvalue weighted by molar-refractivity contribution is 0.254. The third-order valence-corrected chi connectivity index (χ3v) is 2.96. The van der Waals surface area contributed by atoms with Crippen molar-refractivity contribution >= 4 is 15.9 Å². The fourth-order valence-corrected chi connectivity index (χ4v) is 2.20. The van der Waals surface area contributed by atoms with Gasteiger partial charge in [-0.15, -0.1) is 0 Å². The number of fused-ring (bicyclic) bond motifs is 1. The molecule has 1 aromatic carbocycles. The molecule has 2 rings (SSSR count). The predicted molar refractivity (Wildman–Crippen MR) is 60.7 cm³/mol. The van der Waals surface area contributed by atoms with Crippen molar-refractivity contribution in [2.24, 2.45) is 0 Å². The summed E-state index contributed by atoms with van der Waals surface area (Å²) >= 11 is 3.49. The minimum atomic E-state index is 0.446. The molecule has 1 unspecified atom stereocenters. The molecule has 1 aliphatic rings. The highest BCUT2D eigenvalue weighted by molar-refractivity contribution is 9.10. The Morgan fingerprint density at radius 3 is 3.21 bits per heavy atom. The van der Waals surface area contributed by atoms with Gasteiger partial charge in [0.25, 0.3) is 0 Å². The van der Waals surface area contributed by atoms with Crippen molar-refractivity contribution in [1.82, 2.24) is 5.32 Å². The van der Waals surface area contributed by atoms with Crippen LogP contribution in [-0.2, 0) is 0 Å². The summed E-state index contributed by atoms with van der Waals surface area (Å²) in [7, 11) is 0. The van der Waals surface area contributed by atoms with Gasteiger partial charge in [0.15, 0.2) is 0 Å². The van der Waals surface area contributed by atoms with Crippen molar-refractivity contribution in [3.8, 4) is 5.75 Å². The van der Waals surface area contributed by atoms with E-state index in [4.69, 9.17) is 4.74 Å². The number of ether oxygens (including phenoxy) is 1. The quantitative estimate of drug-likeness (QED) is 0.878. The molecule has 1 aliphatic heterocycles. The van der Waals surface area contributed by atoms with Gasteiger partial charge in [-0.05, 0) is 24.7 Å². The molecule has 0 saturated carbocycles. The third kappa shape index (κ3) is 1.93. The van der Waals surface area contributed by atoms with Gasteiger partial charge in [0.1, 0.15) is 5.75 Å². The second-order valence-corrected chi connectivity index (χ2v) is 4.35. The van der Waals surface area contributed by atoms with Gasteiger partial charge in [0.2, 0.25) is 0 Å². The zero-order valence-electron chi connectivity index (χ0n) is 8.22. The highest BCUT2D eigenvalue weighted by Gasteiger charge is 2.20. The molecule has 1 atom stereocenters. The van der Waals surface area contributed by atoms with Crippen molar-refractivity contribution in [1.29, 1.82) is 0 Å². The Hall–Kier alpha value is -0.540. The third-order valence-electron chi connectivity index (χ3n) is 2.46. The molecule has 0 radical (unpaired) electrons. The standard InChI is InChI=1S/C11H14BrNO/c1-2-13-10-5-6-14-11-4-3-8(12)7-9(10)11/h3-4,7,10,13H,2,5-6H2,1H3. The van der Waals surface area contributed by atoms with E-state index in [9.17, 15) is 0 Å². The summed E-state index contributed by atoms with van der Waals surface area (Å²) in [4.78, 5) is 0. The normalized spacial score (nSPS) is 20.0. The Morgan fingerprint density at radius 2 is 2.43 bits per heavy atom. The van der Waals surface area contributed by atoms with Crippen LogP contribution in [0.25, 0.3) is 0 Å². The van der Waals surface area contributed by atoms with E-state index in [1.807, 2.05) is 12.1 Å². The molecule has 0 aromatic heterocycles. The molecule has 1 N–H and O–H groups in total. The summed E-state index contributed by atoms with van der Waals surface area (Å²) in [6.07, 6.45) is 1.05. The zero-order valence-corrected chi connectivity index (χ0v) is 9.80. The van der Waals surface area contributed by atoms with E-state index >= 15 is 0 Å². The topological polar surface area (TPSA) is 21.3 Å². The summed E-state index contributed by atoms with van der Waals surface area (Å²) in [5, 5.41) is 3.47. The summed E-state index contributed by atoms with van der Waals surface area (Å²) in [6.45, 7) is 3.94. The van der Waals surface area contributed by atoms with E-state index in [1.54, 1.807) is 0 Å². The van der Waals surface area contributed by atoms with Gasteiger partial charge in [0.05, 0.1) is 6.61 Å². The molecule has 2 nitrogen and oxygen atoms in total. The summed E-state index contributed by atoms with van der Waals surface area (Å²) < 4.78 is 6.71. The predicted octanol–water partition coefficient (Wildman–Crippen LogP) is 2.88. The second-order valence-electron chi connectivity index (χ2n) is 3.43. The van der Waals surface area contributed by atoms with Crippen molar-refractivity contribution in [3.63, 3.8) is 0 Å². The summed E-state index contributed by atoms with van der Waals surface area (Å²) in [6, 6.07) is 6.64. The first-order valence-electron chi connectivity index (χ1n) is 4.97. The van der Waals surface area contributed by atoms with Crippen molar-refractivity contribution in [3.05, 3.63) is 28.2 Å². The van der Waals surface area contributed by atoms with Gasteiger partial charge >= 0.3 is 0 Å².